The first-order valence-electron chi connectivity index (χ1n) is 7.84. The molecule has 1 N–H and O–H groups in total. The van der Waals surface area contributed by atoms with E-state index in [9.17, 15) is 4.39 Å². The van der Waals surface area contributed by atoms with Gasteiger partial charge in [0, 0.05) is 12.5 Å². The van der Waals surface area contributed by atoms with E-state index < -0.39 is 0 Å². The Labute approximate surface area is 121 Å². The molecule has 2 aliphatic rings. The lowest BCUT2D eigenvalue weighted by Gasteiger charge is -2.45. The minimum atomic E-state index is -0.103. The number of piperidine rings is 1. The molecule has 0 aliphatic carbocycles. The Morgan fingerprint density at radius 1 is 1.25 bits per heavy atom. The summed E-state index contributed by atoms with van der Waals surface area (Å²) in [4.78, 5) is 2.44. The number of halogens is 1. The molecule has 2 aliphatic heterocycles. The maximum Gasteiger partial charge on any atom is 0.123 e. The lowest BCUT2D eigenvalue weighted by molar-refractivity contribution is 0.136. The average molecular weight is 276 g/mol. The van der Waals surface area contributed by atoms with Gasteiger partial charge in [-0.3, -0.25) is 0 Å². The molecule has 2 unspecified atom stereocenters. The van der Waals surface area contributed by atoms with E-state index in [1.165, 1.54) is 44.3 Å². The molecule has 0 radical (unpaired) electrons. The van der Waals surface area contributed by atoms with E-state index in [1.54, 1.807) is 12.1 Å². The third-order valence-electron chi connectivity index (χ3n) is 5.34. The Morgan fingerprint density at radius 3 is 3.00 bits per heavy atom. The smallest absolute Gasteiger partial charge is 0.123 e. The number of benzene rings is 1. The fraction of sp³-hybridized carbons (Fsp3) is 0.647. The maximum absolute atomic E-state index is 13.6. The molecule has 0 bridgehead atoms. The van der Waals surface area contributed by atoms with Crippen molar-refractivity contribution in [1.82, 2.24) is 10.2 Å². The van der Waals surface area contributed by atoms with E-state index in [0.717, 1.165) is 13.1 Å². The van der Waals surface area contributed by atoms with Crippen molar-refractivity contribution in [1.29, 1.82) is 0 Å². The zero-order valence-electron chi connectivity index (χ0n) is 12.4. The van der Waals surface area contributed by atoms with E-state index >= 15 is 0 Å². The predicted octanol–water partition coefficient (Wildman–Crippen LogP) is 3.00. The average Bonchev–Trinajstić information content (AvgIpc) is 2.63. The zero-order valence-corrected chi connectivity index (χ0v) is 12.4. The van der Waals surface area contributed by atoms with Gasteiger partial charge in [-0.2, -0.15) is 0 Å². The molecule has 1 spiro atoms. The first kappa shape index (κ1) is 14.0. The van der Waals surface area contributed by atoms with Crippen molar-refractivity contribution in [3.63, 3.8) is 0 Å². The standard InChI is InChI=1S/C17H25FN2/c1-20-10-3-6-17(8-11-20)7-9-19-13-16(17)14-4-2-5-15(18)12-14/h2,4-5,12,16,19H,3,6-11,13H2,1H3. The summed E-state index contributed by atoms with van der Waals surface area (Å²) in [6.45, 7) is 4.47. The Bertz CT molecular complexity index is 462. The van der Waals surface area contributed by atoms with Crippen LogP contribution in [0.5, 0.6) is 0 Å². The van der Waals surface area contributed by atoms with Crippen LogP contribution in [0.15, 0.2) is 24.3 Å². The van der Waals surface area contributed by atoms with Crippen LogP contribution in [0.25, 0.3) is 0 Å². The number of hydrogen-bond acceptors (Lipinski definition) is 2. The van der Waals surface area contributed by atoms with Gasteiger partial charge in [-0.05, 0) is 75.5 Å². The summed E-state index contributed by atoms with van der Waals surface area (Å²) in [5.41, 5.74) is 1.55. The number of likely N-dealkylation sites (tertiary alicyclic amines) is 1. The van der Waals surface area contributed by atoms with Crippen LogP contribution in [0.1, 0.15) is 37.2 Å². The van der Waals surface area contributed by atoms with Gasteiger partial charge >= 0.3 is 0 Å². The molecule has 2 saturated heterocycles. The monoisotopic (exact) mass is 276 g/mol. The fourth-order valence-corrected chi connectivity index (χ4v) is 4.12. The third kappa shape index (κ3) is 2.75. The van der Waals surface area contributed by atoms with Crippen molar-refractivity contribution < 1.29 is 4.39 Å². The van der Waals surface area contributed by atoms with Gasteiger partial charge in [0.1, 0.15) is 5.82 Å². The molecular weight excluding hydrogens is 251 g/mol. The van der Waals surface area contributed by atoms with Crippen LogP contribution >= 0.6 is 0 Å². The highest BCUT2D eigenvalue weighted by atomic mass is 19.1. The van der Waals surface area contributed by atoms with E-state index in [1.807, 2.05) is 6.07 Å². The third-order valence-corrected chi connectivity index (χ3v) is 5.34. The normalized spacial score (nSPS) is 32.2. The Kier molecular flexibility index (Phi) is 4.08. The molecule has 1 aromatic carbocycles. The van der Waals surface area contributed by atoms with E-state index in [2.05, 4.69) is 23.3 Å². The second-order valence-electron chi connectivity index (χ2n) is 6.58. The second kappa shape index (κ2) is 5.82. The van der Waals surface area contributed by atoms with Crippen LogP contribution in [0.2, 0.25) is 0 Å². The molecule has 2 fully saturated rings. The molecule has 3 rings (SSSR count). The minimum Gasteiger partial charge on any atom is -0.316 e. The van der Waals surface area contributed by atoms with Crippen molar-refractivity contribution in [3.8, 4) is 0 Å². The Balaban J connectivity index is 1.90. The van der Waals surface area contributed by atoms with Crippen molar-refractivity contribution in [2.75, 3.05) is 33.2 Å². The molecule has 0 amide bonds. The molecule has 3 heteroatoms. The lowest BCUT2D eigenvalue weighted by Crippen LogP contribution is -2.44. The molecule has 2 atom stereocenters. The highest BCUT2D eigenvalue weighted by Gasteiger charge is 2.41. The van der Waals surface area contributed by atoms with Gasteiger partial charge in [-0.1, -0.05) is 12.1 Å². The molecule has 20 heavy (non-hydrogen) atoms. The van der Waals surface area contributed by atoms with Crippen LogP contribution < -0.4 is 5.32 Å². The Hall–Kier alpha value is -0.930. The van der Waals surface area contributed by atoms with Gasteiger partial charge in [-0.25, -0.2) is 4.39 Å². The Morgan fingerprint density at radius 2 is 2.15 bits per heavy atom. The van der Waals surface area contributed by atoms with Crippen LogP contribution in [-0.2, 0) is 0 Å². The quantitative estimate of drug-likeness (QED) is 0.848. The molecule has 110 valence electrons. The van der Waals surface area contributed by atoms with Gasteiger partial charge in [0.15, 0.2) is 0 Å². The number of rotatable bonds is 1. The van der Waals surface area contributed by atoms with E-state index in [0.29, 0.717) is 11.3 Å². The minimum absolute atomic E-state index is 0.103. The summed E-state index contributed by atoms with van der Waals surface area (Å²) >= 11 is 0. The maximum atomic E-state index is 13.6. The largest absolute Gasteiger partial charge is 0.316 e. The summed E-state index contributed by atoms with van der Waals surface area (Å²) in [6, 6.07) is 7.26. The summed E-state index contributed by atoms with van der Waals surface area (Å²) < 4.78 is 13.6. The van der Waals surface area contributed by atoms with Gasteiger partial charge in [0.25, 0.3) is 0 Å². The zero-order chi connectivity index (χ0) is 14.0. The van der Waals surface area contributed by atoms with Gasteiger partial charge in [0.05, 0.1) is 0 Å². The van der Waals surface area contributed by atoms with Crippen LogP contribution in [0.4, 0.5) is 4.39 Å². The van der Waals surface area contributed by atoms with Gasteiger partial charge in [-0.15, -0.1) is 0 Å². The first-order chi connectivity index (χ1) is 9.70. The van der Waals surface area contributed by atoms with E-state index in [4.69, 9.17) is 0 Å². The van der Waals surface area contributed by atoms with Crippen LogP contribution in [-0.4, -0.2) is 38.1 Å². The SMILES string of the molecule is CN1CCCC2(CCNCC2c2cccc(F)c2)CC1. The highest BCUT2D eigenvalue weighted by molar-refractivity contribution is 5.25. The first-order valence-corrected chi connectivity index (χ1v) is 7.84. The van der Waals surface area contributed by atoms with E-state index in [-0.39, 0.29) is 5.82 Å². The van der Waals surface area contributed by atoms with Crippen molar-refractivity contribution in [2.24, 2.45) is 5.41 Å². The van der Waals surface area contributed by atoms with Crippen molar-refractivity contribution in [3.05, 3.63) is 35.6 Å². The highest BCUT2D eigenvalue weighted by Crippen LogP contribution is 2.48. The van der Waals surface area contributed by atoms with Crippen molar-refractivity contribution >= 4 is 0 Å². The molecule has 0 aromatic heterocycles. The number of nitrogens with zero attached hydrogens (tertiary/aromatic N) is 1. The summed E-state index contributed by atoms with van der Waals surface area (Å²) in [6.07, 6.45) is 5.01. The molecule has 1 aromatic rings. The lowest BCUT2D eigenvalue weighted by atomic mass is 9.64. The molecular formula is C17H25FN2. The number of nitrogens with one attached hydrogen (secondary N) is 1. The predicted molar refractivity (Wildman–Crippen MR) is 80.4 cm³/mol. The number of hydrogen-bond donors (Lipinski definition) is 1. The topological polar surface area (TPSA) is 15.3 Å². The fourth-order valence-electron chi connectivity index (χ4n) is 4.12. The molecule has 2 nitrogen and oxygen atoms in total. The molecule has 0 saturated carbocycles. The van der Waals surface area contributed by atoms with Gasteiger partial charge < -0.3 is 10.2 Å². The van der Waals surface area contributed by atoms with Gasteiger partial charge in [0.2, 0.25) is 0 Å². The summed E-state index contributed by atoms with van der Waals surface area (Å²) in [5.74, 6) is 0.354. The van der Waals surface area contributed by atoms with Crippen LogP contribution in [0, 0.1) is 11.2 Å². The van der Waals surface area contributed by atoms with Crippen LogP contribution in [0.3, 0.4) is 0 Å². The summed E-state index contributed by atoms with van der Waals surface area (Å²) in [5, 5.41) is 3.52. The second-order valence-corrected chi connectivity index (χ2v) is 6.58. The molecule has 2 heterocycles. The van der Waals surface area contributed by atoms with Crippen molar-refractivity contribution in [2.45, 2.75) is 31.6 Å². The summed E-state index contributed by atoms with van der Waals surface area (Å²) in [7, 11) is 2.22.